The molecule has 0 saturated carbocycles. The maximum atomic E-state index is 10.0. The normalized spacial score (nSPS) is 12.3. The first kappa shape index (κ1) is 22.2. The molecule has 0 radical (unpaired) electrons. The highest BCUT2D eigenvalue weighted by Gasteiger charge is 2.10. The summed E-state index contributed by atoms with van der Waals surface area (Å²) in [7, 11) is 0. The van der Waals surface area contributed by atoms with Crippen LogP contribution in [-0.4, -0.2) is 37.6 Å². The number of fused-ring (bicyclic) bond motifs is 1. The Morgan fingerprint density at radius 3 is 2.56 bits per heavy atom. The number of anilines is 1. The van der Waals surface area contributed by atoms with Crippen LogP contribution in [-0.2, 0) is 17.8 Å². The highest BCUT2D eigenvalue weighted by molar-refractivity contribution is 6.28. The van der Waals surface area contributed by atoms with Crippen LogP contribution in [0.4, 0.5) is 5.82 Å². The van der Waals surface area contributed by atoms with Crippen LogP contribution in [0, 0.1) is 0 Å². The number of aryl methyl sites for hydroxylation is 1. The Morgan fingerprint density at radius 2 is 1.78 bits per heavy atom. The Labute approximate surface area is 191 Å². The number of unbranched alkanes of at least 4 members (excludes halogenated alkanes) is 1. The third-order valence-corrected chi connectivity index (χ3v) is 5.24. The van der Waals surface area contributed by atoms with Crippen molar-refractivity contribution in [3.63, 3.8) is 0 Å². The van der Waals surface area contributed by atoms with Crippen molar-refractivity contribution in [1.29, 1.82) is 0 Å². The van der Waals surface area contributed by atoms with Gasteiger partial charge in [-0.3, -0.25) is 5.32 Å². The van der Waals surface area contributed by atoms with E-state index in [0.29, 0.717) is 30.9 Å². The molecule has 0 aliphatic rings. The number of nitrogens with two attached hydrogens (primary N) is 1. The van der Waals surface area contributed by atoms with Crippen molar-refractivity contribution < 1.29 is 9.84 Å². The van der Waals surface area contributed by atoms with Crippen LogP contribution in [0.2, 0.25) is 5.28 Å². The number of rotatable bonds is 10. The first-order valence-electron chi connectivity index (χ1n) is 10.4. The van der Waals surface area contributed by atoms with Crippen LogP contribution in [0.25, 0.3) is 22.3 Å². The largest absolute Gasteiger partial charge is 0.382 e. The predicted octanol–water partition coefficient (Wildman–Crippen LogP) is 3.59. The second-order valence-corrected chi connectivity index (χ2v) is 7.70. The van der Waals surface area contributed by atoms with Gasteiger partial charge in [0.15, 0.2) is 11.5 Å². The zero-order valence-electron chi connectivity index (χ0n) is 17.5. The fraction of sp³-hybridized carbons (Fsp3) is 0.261. The number of halogens is 1. The molecule has 0 aliphatic carbocycles. The molecule has 2 aromatic heterocycles. The van der Waals surface area contributed by atoms with Gasteiger partial charge in [0.25, 0.3) is 0 Å². The maximum absolute atomic E-state index is 10.0. The van der Waals surface area contributed by atoms with E-state index in [4.69, 9.17) is 22.1 Å². The molecule has 166 valence electrons. The lowest BCUT2D eigenvalue weighted by molar-refractivity contribution is -0.122. The Kier molecular flexibility index (Phi) is 7.28. The molecule has 1 unspecified atom stereocenters. The number of aromatic nitrogens is 4. The highest BCUT2D eigenvalue weighted by Crippen LogP contribution is 2.20. The molecule has 4 aromatic rings. The Morgan fingerprint density at radius 1 is 1.03 bits per heavy atom. The van der Waals surface area contributed by atoms with E-state index in [1.165, 1.54) is 5.56 Å². The summed E-state index contributed by atoms with van der Waals surface area (Å²) in [6.07, 6.45) is 2.23. The average molecular weight is 453 g/mol. The number of nitrogen functional groups attached to an aromatic ring is 1. The third-order valence-electron chi connectivity index (χ3n) is 5.07. The molecule has 2 aromatic carbocycles. The first-order valence-corrected chi connectivity index (χ1v) is 10.8. The molecule has 0 aliphatic heterocycles. The lowest BCUT2D eigenvalue weighted by Crippen LogP contribution is -2.31. The Bertz CT molecular complexity index is 1150. The first-order chi connectivity index (χ1) is 15.6. The number of hydrogen-bond donors (Lipinski definition) is 3. The quantitative estimate of drug-likeness (QED) is 0.191. The standard InChI is InChI=1S/C23H25ClN6O2/c24-22-28-20(25)19-21(29-22)30(15-27-19)12-4-5-13-32-23(31)26-14-16-8-10-18(11-9-16)17-6-2-1-3-7-17/h1-3,6-11,15,23,26,31H,4-5,12-14H2,(H2,25,28,29). The lowest BCUT2D eigenvalue weighted by atomic mass is 10.0. The molecule has 0 amide bonds. The zero-order valence-corrected chi connectivity index (χ0v) is 18.2. The summed E-state index contributed by atoms with van der Waals surface area (Å²) >= 11 is 5.88. The number of nitrogens with one attached hydrogen (secondary N) is 1. The van der Waals surface area contributed by atoms with E-state index >= 15 is 0 Å². The molecule has 2 heterocycles. The van der Waals surface area contributed by atoms with Gasteiger partial charge in [-0.05, 0) is 41.1 Å². The fourth-order valence-electron chi connectivity index (χ4n) is 3.39. The maximum Gasteiger partial charge on any atom is 0.226 e. The SMILES string of the molecule is Nc1nc(Cl)nc2c1ncn2CCCCOC(O)NCc1ccc(-c2ccccc2)cc1. The number of nitrogens with zero attached hydrogens (tertiary/aromatic N) is 4. The van der Waals surface area contributed by atoms with Crippen LogP contribution in [0.1, 0.15) is 18.4 Å². The topological polar surface area (TPSA) is 111 Å². The van der Waals surface area contributed by atoms with Gasteiger partial charge in [0.1, 0.15) is 5.52 Å². The summed E-state index contributed by atoms with van der Waals surface area (Å²) in [4.78, 5) is 12.3. The molecule has 0 bridgehead atoms. The van der Waals surface area contributed by atoms with E-state index < -0.39 is 6.41 Å². The van der Waals surface area contributed by atoms with Crippen LogP contribution in [0.5, 0.6) is 0 Å². The third kappa shape index (κ3) is 5.60. The molecule has 8 nitrogen and oxygen atoms in total. The smallest absolute Gasteiger partial charge is 0.226 e. The molecule has 0 spiro atoms. The van der Waals surface area contributed by atoms with Crippen molar-refractivity contribution >= 4 is 28.6 Å². The van der Waals surface area contributed by atoms with Gasteiger partial charge in [-0.2, -0.15) is 9.97 Å². The monoisotopic (exact) mass is 452 g/mol. The minimum atomic E-state index is -1.02. The van der Waals surface area contributed by atoms with Gasteiger partial charge in [0, 0.05) is 13.1 Å². The number of benzene rings is 2. The van der Waals surface area contributed by atoms with Gasteiger partial charge in [0.05, 0.1) is 12.9 Å². The molecule has 4 N–H and O–H groups in total. The minimum Gasteiger partial charge on any atom is -0.382 e. The van der Waals surface area contributed by atoms with Gasteiger partial charge in [-0.15, -0.1) is 0 Å². The van der Waals surface area contributed by atoms with Crippen molar-refractivity contribution in [1.82, 2.24) is 24.8 Å². The van der Waals surface area contributed by atoms with Crippen LogP contribution >= 0.6 is 11.6 Å². The van der Waals surface area contributed by atoms with Gasteiger partial charge in [0.2, 0.25) is 11.7 Å². The Balaban J connectivity index is 1.16. The van der Waals surface area contributed by atoms with E-state index in [9.17, 15) is 5.11 Å². The molecule has 0 fully saturated rings. The fourth-order valence-corrected chi connectivity index (χ4v) is 3.56. The van der Waals surface area contributed by atoms with E-state index in [2.05, 4.69) is 44.5 Å². The summed E-state index contributed by atoms with van der Waals surface area (Å²) in [5.74, 6) is 0.269. The summed E-state index contributed by atoms with van der Waals surface area (Å²) < 4.78 is 7.34. The number of aliphatic hydroxyl groups excluding tert-OH is 1. The number of aliphatic hydroxyl groups is 1. The van der Waals surface area contributed by atoms with Gasteiger partial charge in [-0.1, -0.05) is 54.6 Å². The van der Waals surface area contributed by atoms with Gasteiger partial charge in [-0.25, -0.2) is 4.98 Å². The van der Waals surface area contributed by atoms with Gasteiger partial charge >= 0.3 is 0 Å². The minimum absolute atomic E-state index is 0.101. The van der Waals surface area contributed by atoms with Crippen molar-refractivity contribution in [3.8, 4) is 11.1 Å². The second-order valence-electron chi connectivity index (χ2n) is 7.36. The van der Waals surface area contributed by atoms with Crippen LogP contribution < -0.4 is 11.1 Å². The number of ether oxygens (including phenoxy) is 1. The molecule has 9 heteroatoms. The van der Waals surface area contributed by atoms with Gasteiger partial charge < -0.3 is 20.1 Å². The van der Waals surface area contributed by atoms with Crippen molar-refractivity contribution in [2.75, 3.05) is 12.3 Å². The van der Waals surface area contributed by atoms with Crippen molar-refractivity contribution in [2.24, 2.45) is 0 Å². The van der Waals surface area contributed by atoms with Crippen molar-refractivity contribution in [3.05, 3.63) is 71.8 Å². The van der Waals surface area contributed by atoms with E-state index in [0.717, 1.165) is 24.0 Å². The average Bonchev–Trinajstić information content (AvgIpc) is 3.21. The van der Waals surface area contributed by atoms with Crippen LogP contribution in [0.3, 0.4) is 0 Å². The molecule has 0 saturated heterocycles. The highest BCUT2D eigenvalue weighted by atomic mass is 35.5. The number of hydrogen-bond acceptors (Lipinski definition) is 7. The van der Waals surface area contributed by atoms with E-state index in [1.807, 2.05) is 34.9 Å². The Hall–Kier alpha value is -3.04. The molecule has 32 heavy (non-hydrogen) atoms. The molecule has 1 atom stereocenters. The lowest BCUT2D eigenvalue weighted by Gasteiger charge is -2.14. The van der Waals surface area contributed by atoms with Crippen molar-refractivity contribution in [2.45, 2.75) is 32.3 Å². The zero-order chi connectivity index (χ0) is 22.3. The summed E-state index contributed by atoms with van der Waals surface area (Å²) in [5, 5.41) is 13.1. The van der Waals surface area contributed by atoms with E-state index in [-0.39, 0.29) is 11.1 Å². The molecular weight excluding hydrogens is 428 g/mol. The van der Waals surface area contributed by atoms with Crippen LogP contribution in [0.15, 0.2) is 60.9 Å². The molecular formula is C23H25ClN6O2. The van der Waals surface area contributed by atoms with E-state index in [1.54, 1.807) is 6.33 Å². The molecule has 4 rings (SSSR count). The summed E-state index contributed by atoms with van der Waals surface area (Å²) in [6.45, 7) is 1.62. The summed E-state index contributed by atoms with van der Waals surface area (Å²) in [6, 6.07) is 18.4. The second kappa shape index (κ2) is 10.5. The predicted molar refractivity (Wildman–Crippen MR) is 125 cm³/mol. The number of imidazole rings is 1. The summed E-state index contributed by atoms with van der Waals surface area (Å²) in [5.41, 5.74) is 10.4.